The lowest BCUT2D eigenvalue weighted by atomic mass is 10.0. The smallest absolute Gasteiger partial charge is 0.348 e. The Balaban J connectivity index is 1.39. The van der Waals surface area contributed by atoms with Crippen LogP contribution < -0.4 is 10.2 Å². The predicted octanol–water partition coefficient (Wildman–Crippen LogP) is 3.80. The van der Waals surface area contributed by atoms with Gasteiger partial charge in [-0.2, -0.15) is 18.2 Å². The predicted molar refractivity (Wildman–Crippen MR) is 113 cm³/mol. The van der Waals surface area contributed by atoms with Crippen molar-refractivity contribution in [2.45, 2.75) is 31.0 Å². The highest BCUT2D eigenvalue weighted by Gasteiger charge is 2.45. The molecule has 0 bridgehead atoms. The number of anilines is 3. The second kappa shape index (κ2) is 8.46. The number of alkyl halides is 5. The maximum absolute atomic E-state index is 13.5. The fourth-order valence-corrected chi connectivity index (χ4v) is 4.14. The van der Waals surface area contributed by atoms with Crippen LogP contribution in [0.2, 0.25) is 0 Å². The van der Waals surface area contributed by atoms with Crippen LogP contribution in [0.5, 0.6) is 0 Å². The van der Waals surface area contributed by atoms with E-state index < -0.39 is 30.8 Å². The first-order valence-electron chi connectivity index (χ1n) is 10.7. The summed E-state index contributed by atoms with van der Waals surface area (Å²) in [5.74, 6) is -1.71. The molecule has 5 rings (SSSR count). The van der Waals surface area contributed by atoms with Crippen molar-refractivity contribution in [2.75, 3.05) is 36.4 Å². The van der Waals surface area contributed by atoms with Crippen LogP contribution >= 0.6 is 0 Å². The highest BCUT2D eigenvalue weighted by atomic mass is 19.4. The quantitative estimate of drug-likeness (QED) is 0.519. The van der Waals surface area contributed by atoms with E-state index in [1.54, 1.807) is 18.5 Å². The Morgan fingerprint density at radius 2 is 1.91 bits per heavy atom. The van der Waals surface area contributed by atoms with Gasteiger partial charge >= 0.3 is 6.18 Å². The van der Waals surface area contributed by atoms with Crippen LogP contribution in [-0.4, -0.2) is 61.9 Å². The zero-order valence-corrected chi connectivity index (χ0v) is 17.9. The normalized spacial score (nSPS) is 20.4. The number of hydrogen-bond acceptors (Lipinski definition) is 7. The molecule has 2 fully saturated rings. The van der Waals surface area contributed by atoms with Gasteiger partial charge in [0.25, 0.3) is 5.92 Å². The van der Waals surface area contributed by atoms with Gasteiger partial charge in [0, 0.05) is 37.1 Å². The second-order valence-corrected chi connectivity index (χ2v) is 8.50. The summed E-state index contributed by atoms with van der Waals surface area (Å²) >= 11 is 0. The van der Waals surface area contributed by atoms with E-state index >= 15 is 0 Å². The molecule has 0 saturated carbocycles. The maximum Gasteiger partial charge on any atom is 0.416 e. The number of aromatic amines is 1. The molecule has 180 valence electrons. The van der Waals surface area contributed by atoms with E-state index in [1.807, 2.05) is 0 Å². The van der Waals surface area contributed by atoms with Crippen LogP contribution in [0.15, 0.2) is 36.8 Å². The van der Waals surface area contributed by atoms with Crippen molar-refractivity contribution >= 4 is 17.6 Å². The van der Waals surface area contributed by atoms with Gasteiger partial charge in [0.05, 0.1) is 30.9 Å². The number of hydrogen-bond donors (Lipinski definition) is 2. The topological polar surface area (TPSA) is 85.9 Å². The van der Waals surface area contributed by atoms with E-state index in [-0.39, 0.29) is 23.5 Å². The zero-order chi connectivity index (χ0) is 23.9. The number of pyridine rings is 1. The summed E-state index contributed by atoms with van der Waals surface area (Å²) in [7, 11) is 0. The molecule has 2 aliphatic rings. The fraction of sp³-hybridized carbons (Fsp3) is 0.429. The average Bonchev–Trinajstić information content (AvgIpc) is 3.44. The van der Waals surface area contributed by atoms with Crippen LogP contribution in [0.3, 0.4) is 0 Å². The van der Waals surface area contributed by atoms with E-state index in [0.29, 0.717) is 18.8 Å². The molecule has 5 heterocycles. The van der Waals surface area contributed by atoms with Crippen LogP contribution in [0.4, 0.5) is 39.5 Å². The summed E-state index contributed by atoms with van der Waals surface area (Å²) in [5.41, 5.74) is -0.220. The Morgan fingerprint density at radius 3 is 2.62 bits per heavy atom. The molecule has 3 aromatic heterocycles. The van der Waals surface area contributed by atoms with Crippen molar-refractivity contribution in [3.8, 4) is 0 Å². The number of likely N-dealkylation sites (tertiary alicyclic amines) is 1. The van der Waals surface area contributed by atoms with Gasteiger partial charge in [0.1, 0.15) is 17.5 Å². The molecule has 13 heteroatoms. The molecule has 2 saturated heterocycles. The van der Waals surface area contributed by atoms with Crippen molar-refractivity contribution < 1.29 is 22.0 Å². The molecule has 8 nitrogen and oxygen atoms in total. The van der Waals surface area contributed by atoms with Crippen molar-refractivity contribution in [1.82, 2.24) is 29.8 Å². The first-order valence-corrected chi connectivity index (χ1v) is 10.7. The SMILES string of the molecule is FC1(F)CN(c2nc(Nc3cc(C(F)(F)F)ccn3)cc(C3CCN(Cc4ncc[nH]4)C3)n2)C1. The van der Waals surface area contributed by atoms with Gasteiger partial charge in [0.15, 0.2) is 0 Å². The fourth-order valence-electron chi connectivity index (χ4n) is 4.14. The number of aromatic nitrogens is 5. The number of nitrogens with zero attached hydrogens (tertiary/aromatic N) is 6. The Bertz CT molecular complexity index is 1140. The standard InChI is InChI=1S/C21H21F5N8/c22-20(23)11-34(12-20)19-30-15(13-2-6-33(9-13)10-18-28-4-5-29-18)8-17(32-19)31-16-7-14(1-3-27-16)21(24,25)26/h1,3-5,7-8,13H,2,6,9-12H2,(H,28,29)(H,27,30,31,32). The lowest BCUT2D eigenvalue weighted by molar-refractivity contribution is -0.137. The van der Waals surface area contributed by atoms with E-state index in [0.717, 1.165) is 37.1 Å². The van der Waals surface area contributed by atoms with Gasteiger partial charge < -0.3 is 15.2 Å². The summed E-state index contributed by atoms with van der Waals surface area (Å²) in [4.78, 5) is 23.6. The van der Waals surface area contributed by atoms with Crippen molar-refractivity contribution in [1.29, 1.82) is 0 Å². The lowest BCUT2D eigenvalue weighted by Gasteiger charge is -2.38. The van der Waals surface area contributed by atoms with Crippen molar-refractivity contribution in [3.63, 3.8) is 0 Å². The number of rotatable bonds is 6. The van der Waals surface area contributed by atoms with Crippen LogP contribution in [0.25, 0.3) is 0 Å². The van der Waals surface area contributed by atoms with Gasteiger partial charge in [0.2, 0.25) is 5.95 Å². The second-order valence-electron chi connectivity index (χ2n) is 8.50. The van der Waals surface area contributed by atoms with Crippen molar-refractivity contribution in [2.24, 2.45) is 0 Å². The molecule has 0 amide bonds. The Morgan fingerprint density at radius 1 is 1.09 bits per heavy atom. The molecule has 0 spiro atoms. The molecule has 0 aliphatic carbocycles. The van der Waals surface area contributed by atoms with Gasteiger partial charge in [-0.15, -0.1) is 0 Å². The number of imidazole rings is 1. The van der Waals surface area contributed by atoms with E-state index in [2.05, 4.69) is 35.1 Å². The highest BCUT2D eigenvalue weighted by molar-refractivity contribution is 5.56. The summed E-state index contributed by atoms with van der Waals surface area (Å²) in [5, 5.41) is 2.79. The summed E-state index contributed by atoms with van der Waals surface area (Å²) in [6, 6.07) is 3.39. The van der Waals surface area contributed by atoms with E-state index in [1.165, 1.54) is 4.90 Å². The van der Waals surface area contributed by atoms with Gasteiger partial charge in [-0.05, 0) is 25.1 Å². The van der Waals surface area contributed by atoms with Crippen LogP contribution in [-0.2, 0) is 12.7 Å². The van der Waals surface area contributed by atoms with Gasteiger partial charge in [-0.3, -0.25) is 4.90 Å². The molecule has 1 atom stereocenters. The van der Waals surface area contributed by atoms with E-state index in [9.17, 15) is 22.0 Å². The molecule has 3 aromatic rings. The molecular weight excluding hydrogens is 459 g/mol. The number of halogens is 5. The Hall–Kier alpha value is -3.35. The van der Waals surface area contributed by atoms with Crippen LogP contribution in [0.1, 0.15) is 29.4 Å². The third-order valence-electron chi connectivity index (χ3n) is 5.82. The molecule has 34 heavy (non-hydrogen) atoms. The maximum atomic E-state index is 13.5. The monoisotopic (exact) mass is 480 g/mol. The zero-order valence-electron chi connectivity index (χ0n) is 17.9. The Kier molecular flexibility index (Phi) is 5.58. The molecule has 2 aliphatic heterocycles. The average molecular weight is 480 g/mol. The van der Waals surface area contributed by atoms with Crippen molar-refractivity contribution in [3.05, 3.63) is 53.9 Å². The minimum atomic E-state index is -4.52. The minimum Gasteiger partial charge on any atom is -0.348 e. The summed E-state index contributed by atoms with van der Waals surface area (Å²) in [6.45, 7) is 1.10. The first-order chi connectivity index (χ1) is 16.1. The third-order valence-corrected chi connectivity index (χ3v) is 5.82. The van der Waals surface area contributed by atoms with E-state index in [4.69, 9.17) is 0 Å². The van der Waals surface area contributed by atoms with Crippen LogP contribution in [0, 0.1) is 0 Å². The third kappa shape index (κ3) is 4.93. The molecule has 1 unspecified atom stereocenters. The minimum absolute atomic E-state index is 0.00789. The first kappa shape index (κ1) is 22.4. The Labute approximate surface area is 191 Å². The lowest BCUT2D eigenvalue weighted by Crippen LogP contribution is -2.57. The van der Waals surface area contributed by atoms with Gasteiger partial charge in [-0.1, -0.05) is 0 Å². The molecular formula is C21H21F5N8. The highest BCUT2D eigenvalue weighted by Crippen LogP contribution is 2.35. The molecule has 0 radical (unpaired) electrons. The van der Waals surface area contributed by atoms with Gasteiger partial charge in [-0.25, -0.2) is 23.7 Å². The number of nitrogens with one attached hydrogen (secondary N) is 2. The molecule has 0 aromatic carbocycles. The molecule has 2 N–H and O–H groups in total. The number of H-pyrrole nitrogens is 1. The summed E-state index contributed by atoms with van der Waals surface area (Å²) in [6.07, 6.45) is 0.748. The summed E-state index contributed by atoms with van der Waals surface area (Å²) < 4.78 is 66.2. The largest absolute Gasteiger partial charge is 0.416 e.